The first-order valence-corrected chi connectivity index (χ1v) is 6.95. The van der Waals surface area contributed by atoms with E-state index in [1.165, 1.54) is 22.9 Å². The van der Waals surface area contributed by atoms with Gasteiger partial charge in [-0.3, -0.25) is 24.0 Å². The van der Waals surface area contributed by atoms with Crippen molar-refractivity contribution in [2.75, 3.05) is 0 Å². The first kappa shape index (κ1) is 16.2. The zero-order valence-corrected chi connectivity index (χ0v) is 12.4. The van der Waals surface area contributed by atoms with Crippen LogP contribution in [0.25, 0.3) is 0 Å². The molecule has 118 valence electrons. The number of aryl methyl sites for hydroxylation is 2. The van der Waals surface area contributed by atoms with E-state index in [1.807, 2.05) is 0 Å². The van der Waals surface area contributed by atoms with Crippen LogP contribution in [-0.2, 0) is 19.5 Å². The number of rotatable bonds is 5. The van der Waals surface area contributed by atoms with E-state index in [1.54, 1.807) is 25.1 Å². The third-order valence-corrected chi connectivity index (χ3v) is 3.47. The van der Waals surface area contributed by atoms with Crippen molar-refractivity contribution >= 4 is 5.69 Å². The van der Waals surface area contributed by atoms with E-state index >= 15 is 0 Å². The van der Waals surface area contributed by atoms with E-state index in [2.05, 4.69) is 0 Å². The molecule has 1 aromatic heterocycles. The minimum Gasteiger partial charge on any atom is -0.299 e. The summed E-state index contributed by atoms with van der Waals surface area (Å²) in [6.07, 6.45) is 1.61. The second-order valence-corrected chi connectivity index (χ2v) is 4.85. The summed E-state index contributed by atoms with van der Waals surface area (Å²) >= 11 is 0. The zero-order chi connectivity index (χ0) is 17.0. The summed E-state index contributed by atoms with van der Waals surface area (Å²) in [6, 6.07) is 7.68. The number of benzene rings is 1. The molecule has 0 atom stereocenters. The fourth-order valence-corrected chi connectivity index (χ4v) is 2.18. The topological polar surface area (TPSA) is 111 Å². The number of non-ortho nitro benzene ring substituents is 1. The Morgan fingerprint density at radius 2 is 1.91 bits per heavy atom. The molecule has 0 spiro atoms. The lowest BCUT2D eigenvalue weighted by Gasteiger charge is -2.09. The SMILES string of the molecule is CCn1cc(C#N)c(=O)n(CCc2ccc([N+](=O)[O-])cc2)c1=O. The molecular weight excluding hydrogens is 300 g/mol. The van der Waals surface area contributed by atoms with Crippen LogP contribution in [0.2, 0.25) is 0 Å². The summed E-state index contributed by atoms with van der Waals surface area (Å²) in [5.41, 5.74) is -0.448. The van der Waals surface area contributed by atoms with Gasteiger partial charge in [-0.05, 0) is 18.9 Å². The second-order valence-electron chi connectivity index (χ2n) is 4.85. The molecule has 0 saturated carbocycles. The fraction of sp³-hybridized carbons (Fsp3) is 0.267. The van der Waals surface area contributed by atoms with E-state index in [-0.39, 0.29) is 17.8 Å². The Bertz CT molecular complexity index is 888. The second kappa shape index (κ2) is 6.70. The third kappa shape index (κ3) is 3.35. The van der Waals surface area contributed by atoms with Crippen molar-refractivity contribution in [1.29, 1.82) is 5.26 Å². The maximum Gasteiger partial charge on any atom is 0.331 e. The Hall–Kier alpha value is -3.21. The maximum absolute atomic E-state index is 12.2. The molecule has 2 aromatic rings. The molecule has 1 aromatic carbocycles. The van der Waals surface area contributed by atoms with Crippen LogP contribution in [-0.4, -0.2) is 14.1 Å². The maximum atomic E-state index is 12.2. The van der Waals surface area contributed by atoms with Gasteiger partial charge in [-0.25, -0.2) is 4.79 Å². The Balaban J connectivity index is 2.30. The van der Waals surface area contributed by atoms with E-state index in [9.17, 15) is 19.7 Å². The molecule has 0 aliphatic heterocycles. The third-order valence-electron chi connectivity index (χ3n) is 3.47. The standard InChI is InChI=1S/C15H14N4O4/c1-2-17-10-12(9-16)14(20)18(15(17)21)8-7-11-3-5-13(6-4-11)19(22)23/h3-6,10H,2,7-8H2,1H3. The lowest BCUT2D eigenvalue weighted by Crippen LogP contribution is -2.41. The van der Waals surface area contributed by atoms with Gasteiger partial charge in [0.25, 0.3) is 11.2 Å². The number of nitriles is 1. The highest BCUT2D eigenvalue weighted by atomic mass is 16.6. The number of nitro benzene ring substituents is 1. The minimum absolute atomic E-state index is 0.0225. The molecule has 0 bridgehead atoms. The number of aromatic nitrogens is 2. The summed E-state index contributed by atoms with van der Waals surface area (Å²) in [5, 5.41) is 19.6. The largest absolute Gasteiger partial charge is 0.331 e. The highest BCUT2D eigenvalue weighted by molar-refractivity contribution is 5.33. The Labute approximate surface area is 131 Å². The molecule has 0 aliphatic rings. The van der Waals surface area contributed by atoms with Gasteiger partial charge in [0.05, 0.1) is 4.92 Å². The van der Waals surface area contributed by atoms with Crippen LogP contribution in [0.5, 0.6) is 0 Å². The molecule has 0 saturated heterocycles. The molecule has 8 heteroatoms. The monoisotopic (exact) mass is 314 g/mol. The molecule has 0 N–H and O–H groups in total. The first-order valence-electron chi connectivity index (χ1n) is 6.95. The molecule has 0 unspecified atom stereocenters. The highest BCUT2D eigenvalue weighted by Gasteiger charge is 2.11. The van der Waals surface area contributed by atoms with Crippen molar-refractivity contribution in [2.45, 2.75) is 26.4 Å². The fourth-order valence-electron chi connectivity index (χ4n) is 2.18. The molecule has 2 rings (SSSR count). The zero-order valence-electron chi connectivity index (χ0n) is 12.4. The van der Waals surface area contributed by atoms with Gasteiger partial charge in [0.15, 0.2) is 0 Å². The van der Waals surface area contributed by atoms with Crippen molar-refractivity contribution in [2.24, 2.45) is 0 Å². The average molecular weight is 314 g/mol. The van der Waals surface area contributed by atoms with E-state index < -0.39 is 16.2 Å². The molecule has 23 heavy (non-hydrogen) atoms. The summed E-state index contributed by atoms with van der Waals surface area (Å²) in [7, 11) is 0. The van der Waals surface area contributed by atoms with Crippen molar-refractivity contribution in [1.82, 2.24) is 9.13 Å². The molecule has 0 radical (unpaired) electrons. The summed E-state index contributed by atoms with van der Waals surface area (Å²) < 4.78 is 2.32. The lowest BCUT2D eigenvalue weighted by atomic mass is 10.1. The summed E-state index contributed by atoms with van der Waals surface area (Å²) in [4.78, 5) is 34.4. The van der Waals surface area contributed by atoms with Gasteiger partial charge in [0.2, 0.25) is 0 Å². The molecule has 0 amide bonds. The van der Waals surface area contributed by atoms with Crippen LogP contribution in [0.15, 0.2) is 40.1 Å². The summed E-state index contributed by atoms with van der Waals surface area (Å²) in [5.74, 6) is 0. The number of hydrogen-bond acceptors (Lipinski definition) is 5. The van der Waals surface area contributed by atoms with Crippen LogP contribution in [0.3, 0.4) is 0 Å². The van der Waals surface area contributed by atoms with Gasteiger partial charge in [-0.2, -0.15) is 5.26 Å². The Kier molecular flexibility index (Phi) is 4.71. The molecular formula is C15H14N4O4. The number of nitrogens with zero attached hydrogens (tertiary/aromatic N) is 4. The Morgan fingerprint density at radius 3 is 2.43 bits per heavy atom. The van der Waals surface area contributed by atoms with Gasteiger partial charge in [-0.15, -0.1) is 0 Å². The predicted octanol–water partition coefficient (Wildman–Crippen LogP) is 1.05. The van der Waals surface area contributed by atoms with Crippen molar-refractivity contribution < 1.29 is 4.92 Å². The number of nitro groups is 1. The highest BCUT2D eigenvalue weighted by Crippen LogP contribution is 2.12. The van der Waals surface area contributed by atoms with Gasteiger partial charge < -0.3 is 0 Å². The normalized spacial score (nSPS) is 10.3. The molecule has 0 aliphatic carbocycles. The lowest BCUT2D eigenvalue weighted by molar-refractivity contribution is -0.384. The van der Waals surface area contributed by atoms with Gasteiger partial charge in [-0.1, -0.05) is 12.1 Å². The van der Waals surface area contributed by atoms with Crippen LogP contribution in [0.4, 0.5) is 5.69 Å². The first-order chi connectivity index (χ1) is 11.0. The van der Waals surface area contributed by atoms with E-state index in [4.69, 9.17) is 5.26 Å². The minimum atomic E-state index is -0.621. The van der Waals surface area contributed by atoms with Crippen molar-refractivity contribution in [3.8, 4) is 6.07 Å². The van der Waals surface area contributed by atoms with Crippen molar-refractivity contribution in [3.05, 3.63) is 72.5 Å². The van der Waals surface area contributed by atoms with Gasteiger partial charge in [0.1, 0.15) is 11.6 Å². The van der Waals surface area contributed by atoms with Crippen molar-refractivity contribution in [3.63, 3.8) is 0 Å². The Morgan fingerprint density at radius 1 is 1.26 bits per heavy atom. The summed E-state index contributed by atoms with van der Waals surface area (Å²) in [6.45, 7) is 2.20. The van der Waals surface area contributed by atoms with Gasteiger partial charge in [0, 0.05) is 31.4 Å². The van der Waals surface area contributed by atoms with Crippen LogP contribution in [0, 0.1) is 21.4 Å². The average Bonchev–Trinajstić information content (AvgIpc) is 2.55. The van der Waals surface area contributed by atoms with Crippen LogP contribution >= 0.6 is 0 Å². The van der Waals surface area contributed by atoms with Crippen LogP contribution in [0.1, 0.15) is 18.1 Å². The predicted molar refractivity (Wildman–Crippen MR) is 82.2 cm³/mol. The number of hydrogen-bond donors (Lipinski definition) is 0. The van der Waals surface area contributed by atoms with E-state index in [0.717, 1.165) is 10.1 Å². The molecule has 0 fully saturated rings. The molecule has 8 nitrogen and oxygen atoms in total. The van der Waals surface area contributed by atoms with Gasteiger partial charge >= 0.3 is 5.69 Å². The van der Waals surface area contributed by atoms with E-state index in [0.29, 0.717) is 13.0 Å². The smallest absolute Gasteiger partial charge is 0.299 e. The van der Waals surface area contributed by atoms with Crippen LogP contribution < -0.4 is 11.2 Å². The molecule has 1 heterocycles. The quantitative estimate of drug-likeness (QED) is 0.605.